The molecule has 1 rings (SSSR count). The maximum Gasteiger partial charge on any atom is 0.409 e. The summed E-state index contributed by atoms with van der Waals surface area (Å²) in [4.78, 5) is 13.0. The molecule has 0 atom stereocenters. The van der Waals surface area contributed by atoms with E-state index in [1.807, 2.05) is 6.92 Å². The van der Waals surface area contributed by atoms with Crippen LogP contribution in [0.3, 0.4) is 0 Å². The maximum atomic E-state index is 11.3. The second kappa shape index (κ2) is 5.32. The monoisotopic (exact) mass is 205 g/mol. The average molecular weight is 206 g/mol. The van der Waals surface area contributed by atoms with Crippen molar-refractivity contribution in [3.8, 4) is 0 Å². The number of piperidine rings is 1. The van der Waals surface area contributed by atoms with E-state index in [-0.39, 0.29) is 6.09 Å². The molecule has 1 amide bonds. The molecule has 0 saturated carbocycles. The molecule has 4 heteroatoms. The quantitative estimate of drug-likeness (QED) is 0.647. The molecule has 0 unspecified atom stereocenters. The van der Waals surface area contributed by atoms with E-state index in [1.54, 1.807) is 4.90 Å². The summed E-state index contributed by atoms with van der Waals surface area (Å²) in [5, 5.41) is 0. The van der Waals surface area contributed by atoms with Crippen molar-refractivity contribution in [1.29, 1.82) is 0 Å². The molecule has 0 aromatic rings. The topological polar surface area (TPSA) is 29.5 Å². The van der Waals surface area contributed by atoms with Crippen LogP contribution in [0.1, 0.15) is 19.8 Å². The van der Waals surface area contributed by atoms with Crippen LogP contribution in [-0.2, 0) is 4.74 Å². The molecular weight excluding hydrogens is 190 g/mol. The molecule has 0 aromatic carbocycles. The molecule has 0 aromatic heterocycles. The number of amides is 1. The number of hydrogen-bond donors (Lipinski definition) is 0. The number of hydrogen-bond acceptors (Lipinski definition) is 2. The minimum Gasteiger partial charge on any atom is -0.450 e. The highest BCUT2D eigenvalue weighted by Gasteiger charge is 2.22. The molecule has 1 saturated heterocycles. The van der Waals surface area contributed by atoms with Gasteiger partial charge in [-0.2, -0.15) is 0 Å². The molecule has 0 radical (unpaired) electrons. The van der Waals surface area contributed by atoms with Gasteiger partial charge < -0.3 is 9.64 Å². The van der Waals surface area contributed by atoms with Crippen LogP contribution >= 0.6 is 11.6 Å². The van der Waals surface area contributed by atoms with Gasteiger partial charge in [0.25, 0.3) is 0 Å². The lowest BCUT2D eigenvalue weighted by Gasteiger charge is -2.30. The van der Waals surface area contributed by atoms with E-state index < -0.39 is 0 Å². The second-order valence-electron chi connectivity index (χ2n) is 3.28. The summed E-state index contributed by atoms with van der Waals surface area (Å²) in [6.45, 7) is 3.85. The number of likely N-dealkylation sites (tertiary alicyclic amines) is 1. The van der Waals surface area contributed by atoms with Crippen LogP contribution in [0.25, 0.3) is 0 Å². The fraction of sp³-hybridized carbons (Fsp3) is 0.889. The maximum absolute atomic E-state index is 11.3. The van der Waals surface area contributed by atoms with Gasteiger partial charge in [-0.05, 0) is 25.7 Å². The number of ether oxygens (including phenoxy) is 1. The van der Waals surface area contributed by atoms with Crippen LogP contribution in [0.4, 0.5) is 4.79 Å². The van der Waals surface area contributed by atoms with Gasteiger partial charge in [-0.15, -0.1) is 11.6 Å². The van der Waals surface area contributed by atoms with E-state index in [1.165, 1.54) is 0 Å². The van der Waals surface area contributed by atoms with Gasteiger partial charge in [0, 0.05) is 19.0 Å². The van der Waals surface area contributed by atoms with Gasteiger partial charge in [0.1, 0.15) is 0 Å². The van der Waals surface area contributed by atoms with Crippen LogP contribution in [0.15, 0.2) is 0 Å². The standard InChI is InChI=1S/C9H16ClNO2/c1-2-13-9(12)11-5-3-8(7-10)4-6-11/h8H,2-7H2,1H3. The van der Waals surface area contributed by atoms with Crippen LogP contribution in [0.5, 0.6) is 0 Å². The molecule has 1 aliphatic heterocycles. The normalized spacial score (nSPS) is 18.8. The Morgan fingerprint density at radius 2 is 2.15 bits per heavy atom. The Hall–Kier alpha value is -0.440. The van der Waals surface area contributed by atoms with E-state index in [9.17, 15) is 4.79 Å². The summed E-state index contributed by atoms with van der Waals surface area (Å²) in [7, 11) is 0. The minimum absolute atomic E-state index is 0.185. The lowest BCUT2D eigenvalue weighted by molar-refractivity contribution is 0.0936. The predicted molar refractivity (Wildman–Crippen MR) is 52.0 cm³/mol. The highest BCUT2D eigenvalue weighted by Crippen LogP contribution is 2.18. The van der Waals surface area contributed by atoms with E-state index in [4.69, 9.17) is 16.3 Å². The molecule has 0 aliphatic carbocycles. The summed E-state index contributed by atoms with van der Waals surface area (Å²) < 4.78 is 4.90. The average Bonchev–Trinajstić information content (AvgIpc) is 2.18. The summed E-state index contributed by atoms with van der Waals surface area (Å²) in [5.41, 5.74) is 0. The zero-order valence-corrected chi connectivity index (χ0v) is 8.72. The number of alkyl halides is 1. The van der Waals surface area contributed by atoms with Gasteiger partial charge in [0.05, 0.1) is 6.61 Å². The van der Waals surface area contributed by atoms with Gasteiger partial charge in [0.2, 0.25) is 0 Å². The fourth-order valence-corrected chi connectivity index (χ4v) is 1.79. The summed E-state index contributed by atoms with van der Waals surface area (Å²) in [6, 6.07) is 0. The van der Waals surface area contributed by atoms with Crippen molar-refractivity contribution < 1.29 is 9.53 Å². The van der Waals surface area contributed by atoms with E-state index in [2.05, 4.69) is 0 Å². The third-order valence-electron chi connectivity index (χ3n) is 2.36. The van der Waals surface area contributed by atoms with Crippen molar-refractivity contribution >= 4 is 17.7 Å². The third kappa shape index (κ3) is 3.07. The summed E-state index contributed by atoms with van der Waals surface area (Å²) in [6.07, 6.45) is 1.82. The smallest absolute Gasteiger partial charge is 0.409 e. The highest BCUT2D eigenvalue weighted by atomic mass is 35.5. The number of nitrogens with zero attached hydrogens (tertiary/aromatic N) is 1. The van der Waals surface area contributed by atoms with Gasteiger partial charge in [-0.25, -0.2) is 4.79 Å². The van der Waals surface area contributed by atoms with Crippen LogP contribution in [0, 0.1) is 5.92 Å². The van der Waals surface area contributed by atoms with Gasteiger partial charge >= 0.3 is 6.09 Å². The molecule has 0 bridgehead atoms. The first-order valence-corrected chi connectivity index (χ1v) is 5.29. The van der Waals surface area contributed by atoms with Crippen molar-refractivity contribution in [2.24, 2.45) is 5.92 Å². The Labute approximate surface area is 84.0 Å². The Kier molecular flexibility index (Phi) is 4.36. The van der Waals surface area contributed by atoms with Crippen LogP contribution in [0.2, 0.25) is 0 Å². The van der Waals surface area contributed by atoms with E-state index >= 15 is 0 Å². The van der Waals surface area contributed by atoms with Crippen molar-refractivity contribution in [2.75, 3.05) is 25.6 Å². The summed E-state index contributed by atoms with van der Waals surface area (Å²) in [5.74, 6) is 1.28. The van der Waals surface area contributed by atoms with Gasteiger partial charge in [0.15, 0.2) is 0 Å². The van der Waals surface area contributed by atoms with E-state index in [0.717, 1.165) is 25.9 Å². The van der Waals surface area contributed by atoms with Crippen LogP contribution in [-0.4, -0.2) is 36.6 Å². The molecular formula is C9H16ClNO2. The molecule has 1 heterocycles. The SMILES string of the molecule is CCOC(=O)N1CCC(CCl)CC1. The Morgan fingerprint density at radius 3 is 2.62 bits per heavy atom. The minimum atomic E-state index is -0.185. The second-order valence-corrected chi connectivity index (χ2v) is 3.59. The lowest BCUT2D eigenvalue weighted by Crippen LogP contribution is -2.39. The molecule has 3 nitrogen and oxygen atoms in total. The Balaban J connectivity index is 2.28. The van der Waals surface area contributed by atoms with Crippen molar-refractivity contribution in [1.82, 2.24) is 4.90 Å². The molecule has 1 fully saturated rings. The Morgan fingerprint density at radius 1 is 1.54 bits per heavy atom. The number of rotatable bonds is 2. The van der Waals surface area contributed by atoms with Crippen molar-refractivity contribution in [2.45, 2.75) is 19.8 Å². The third-order valence-corrected chi connectivity index (χ3v) is 2.80. The zero-order valence-electron chi connectivity index (χ0n) is 7.96. The summed E-state index contributed by atoms with van der Waals surface area (Å²) >= 11 is 5.73. The van der Waals surface area contributed by atoms with Gasteiger partial charge in [-0.1, -0.05) is 0 Å². The van der Waals surface area contributed by atoms with Crippen molar-refractivity contribution in [3.63, 3.8) is 0 Å². The molecule has 76 valence electrons. The van der Waals surface area contributed by atoms with Crippen molar-refractivity contribution in [3.05, 3.63) is 0 Å². The zero-order chi connectivity index (χ0) is 9.68. The number of halogens is 1. The predicted octanol–water partition coefficient (Wildman–Crippen LogP) is 2.09. The molecule has 1 aliphatic rings. The first kappa shape index (κ1) is 10.6. The van der Waals surface area contributed by atoms with Crippen LogP contribution < -0.4 is 0 Å². The number of carbonyl (C=O) groups excluding carboxylic acids is 1. The molecule has 13 heavy (non-hydrogen) atoms. The first-order valence-electron chi connectivity index (χ1n) is 4.75. The largest absolute Gasteiger partial charge is 0.450 e. The number of carbonyl (C=O) groups is 1. The van der Waals surface area contributed by atoms with E-state index in [0.29, 0.717) is 18.4 Å². The first-order chi connectivity index (χ1) is 6.27. The lowest BCUT2D eigenvalue weighted by atomic mass is 9.99. The van der Waals surface area contributed by atoms with Gasteiger partial charge in [-0.3, -0.25) is 0 Å². The molecule has 0 spiro atoms. The fourth-order valence-electron chi connectivity index (χ4n) is 1.48. The highest BCUT2D eigenvalue weighted by molar-refractivity contribution is 6.18. The Bertz CT molecular complexity index is 167. The molecule has 0 N–H and O–H groups in total.